The second-order valence-corrected chi connectivity index (χ2v) is 6.36. The number of nitrogens with one attached hydrogen (secondary N) is 2. The molecule has 1 fully saturated rings. The summed E-state index contributed by atoms with van der Waals surface area (Å²) in [6.07, 6.45) is 3.51. The van der Waals surface area contributed by atoms with Gasteiger partial charge < -0.3 is 20.3 Å². The Hall–Kier alpha value is -2.34. The molecule has 1 aliphatic rings. The molecule has 134 valence electrons. The van der Waals surface area contributed by atoms with Crippen LogP contribution in [-0.2, 0) is 4.74 Å². The molecule has 1 aliphatic heterocycles. The number of ether oxygens (including phenoxy) is 1. The monoisotopic (exact) mass is 341 g/mol. The minimum absolute atomic E-state index is 0.646. The summed E-state index contributed by atoms with van der Waals surface area (Å²) in [4.78, 5) is 11.4. The van der Waals surface area contributed by atoms with Crippen molar-refractivity contribution in [2.75, 3.05) is 48.9 Å². The molecule has 0 spiro atoms. The van der Waals surface area contributed by atoms with Gasteiger partial charge in [0.2, 0.25) is 5.95 Å². The molecule has 1 aromatic carbocycles. The molecule has 0 radical (unpaired) electrons. The van der Waals surface area contributed by atoms with E-state index in [-0.39, 0.29) is 0 Å². The summed E-state index contributed by atoms with van der Waals surface area (Å²) >= 11 is 0. The van der Waals surface area contributed by atoms with Gasteiger partial charge >= 0.3 is 0 Å². The van der Waals surface area contributed by atoms with Gasteiger partial charge in [0.15, 0.2) is 0 Å². The van der Waals surface area contributed by atoms with Crippen molar-refractivity contribution in [1.82, 2.24) is 9.97 Å². The maximum absolute atomic E-state index is 5.06. The number of benzene rings is 1. The Morgan fingerprint density at radius 3 is 2.60 bits per heavy atom. The first kappa shape index (κ1) is 17.5. The summed E-state index contributed by atoms with van der Waals surface area (Å²) < 4.78 is 5.06. The summed E-state index contributed by atoms with van der Waals surface area (Å²) in [6.45, 7) is 5.82. The number of aryl methyl sites for hydroxylation is 1. The molecule has 0 bridgehead atoms. The normalized spacial score (nSPS) is 13.9. The molecule has 0 unspecified atom stereocenters. The van der Waals surface area contributed by atoms with Crippen molar-refractivity contribution < 1.29 is 4.74 Å². The van der Waals surface area contributed by atoms with E-state index < -0.39 is 0 Å². The first-order valence-corrected chi connectivity index (χ1v) is 8.95. The molecule has 3 rings (SSSR count). The molecule has 0 aliphatic carbocycles. The van der Waals surface area contributed by atoms with Crippen LogP contribution >= 0.6 is 0 Å². The van der Waals surface area contributed by atoms with Crippen LogP contribution in [-0.4, -0.2) is 43.3 Å². The van der Waals surface area contributed by atoms with Crippen molar-refractivity contribution in [3.05, 3.63) is 36.0 Å². The molecule has 2 aromatic rings. The molecular weight excluding hydrogens is 314 g/mol. The van der Waals surface area contributed by atoms with E-state index in [9.17, 15) is 0 Å². The Labute approximate surface area is 149 Å². The highest BCUT2D eigenvalue weighted by molar-refractivity contribution is 5.61. The van der Waals surface area contributed by atoms with Crippen LogP contribution in [0.15, 0.2) is 30.3 Å². The Morgan fingerprint density at radius 2 is 1.88 bits per heavy atom. The number of methoxy groups -OCH3 is 1. The largest absolute Gasteiger partial charge is 0.385 e. The smallest absolute Gasteiger partial charge is 0.224 e. The highest BCUT2D eigenvalue weighted by Gasteiger charge is 2.11. The number of rotatable bonds is 8. The minimum Gasteiger partial charge on any atom is -0.385 e. The third-order valence-corrected chi connectivity index (χ3v) is 4.27. The number of aromatic nitrogens is 2. The zero-order chi connectivity index (χ0) is 17.5. The molecule has 6 nitrogen and oxygen atoms in total. The molecular formula is C19H27N5O. The van der Waals surface area contributed by atoms with Gasteiger partial charge in [-0.05, 0) is 50.5 Å². The van der Waals surface area contributed by atoms with Gasteiger partial charge in [0.25, 0.3) is 0 Å². The Balaban J connectivity index is 1.62. The van der Waals surface area contributed by atoms with Crippen LogP contribution in [0.2, 0.25) is 0 Å². The van der Waals surface area contributed by atoms with Crippen LogP contribution in [0.4, 0.5) is 23.1 Å². The molecule has 2 heterocycles. The number of nitrogens with zero attached hydrogens (tertiary/aromatic N) is 3. The highest BCUT2D eigenvalue weighted by Crippen LogP contribution is 2.23. The maximum atomic E-state index is 5.06. The number of anilines is 4. The maximum Gasteiger partial charge on any atom is 0.224 e. The van der Waals surface area contributed by atoms with Crippen LogP contribution < -0.4 is 15.5 Å². The van der Waals surface area contributed by atoms with Gasteiger partial charge in [0, 0.05) is 56.5 Å². The molecule has 0 atom stereocenters. The lowest BCUT2D eigenvalue weighted by molar-refractivity contribution is 0.197. The zero-order valence-electron chi connectivity index (χ0n) is 15.1. The predicted octanol–water partition coefficient (Wildman–Crippen LogP) is 3.58. The lowest BCUT2D eigenvalue weighted by Gasteiger charge is -2.18. The van der Waals surface area contributed by atoms with Crippen molar-refractivity contribution in [1.29, 1.82) is 0 Å². The summed E-state index contributed by atoms with van der Waals surface area (Å²) in [5.74, 6) is 1.45. The van der Waals surface area contributed by atoms with E-state index in [1.165, 1.54) is 18.5 Å². The van der Waals surface area contributed by atoms with Crippen molar-refractivity contribution in [3.8, 4) is 0 Å². The Morgan fingerprint density at radius 1 is 1.12 bits per heavy atom. The average Bonchev–Trinajstić information content (AvgIpc) is 3.14. The van der Waals surface area contributed by atoms with Gasteiger partial charge in [-0.2, -0.15) is 4.98 Å². The Bertz CT molecular complexity index is 668. The molecule has 1 saturated heterocycles. The van der Waals surface area contributed by atoms with Crippen molar-refractivity contribution in [2.45, 2.75) is 26.2 Å². The quantitative estimate of drug-likeness (QED) is 0.716. The topological polar surface area (TPSA) is 62.3 Å². The number of hydrogen-bond acceptors (Lipinski definition) is 6. The van der Waals surface area contributed by atoms with Gasteiger partial charge in [0.1, 0.15) is 5.82 Å². The van der Waals surface area contributed by atoms with Crippen molar-refractivity contribution >= 4 is 23.1 Å². The minimum atomic E-state index is 0.646. The van der Waals surface area contributed by atoms with E-state index >= 15 is 0 Å². The van der Waals surface area contributed by atoms with Crippen LogP contribution in [0.1, 0.15) is 25.0 Å². The summed E-state index contributed by atoms with van der Waals surface area (Å²) in [6, 6.07) is 10.5. The lowest BCUT2D eigenvalue weighted by atomic mass is 10.2. The molecule has 0 saturated carbocycles. The van der Waals surface area contributed by atoms with E-state index in [0.29, 0.717) is 5.95 Å². The molecule has 25 heavy (non-hydrogen) atoms. The van der Waals surface area contributed by atoms with E-state index in [4.69, 9.17) is 4.74 Å². The third-order valence-electron chi connectivity index (χ3n) is 4.27. The number of hydrogen-bond donors (Lipinski definition) is 2. The van der Waals surface area contributed by atoms with Crippen LogP contribution in [0.25, 0.3) is 0 Å². The summed E-state index contributed by atoms with van der Waals surface area (Å²) in [7, 11) is 1.71. The SMILES string of the molecule is COCCCNc1nc(C)cc(Nc2ccc(N3CCCC3)cc2)n1. The lowest BCUT2D eigenvalue weighted by Crippen LogP contribution is -2.17. The van der Waals surface area contributed by atoms with E-state index in [0.717, 1.165) is 49.9 Å². The van der Waals surface area contributed by atoms with Gasteiger partial charge in [-0.3, -0.25) is 0 Å². The van der Waals surface area contributed by atoms with Crippen LogP contribution in [0, 0.1) is 6.92 Å². The standard InChI is InChI=1S/C19H27N5O/c1-15-14-18(23-19(21-15)20-10-5-13-25-2)22-16-6-8-17(9-7-16)24-11-3-4-12-24/h6-9,14H,3-5,10-13H2,1-2H3,(H2,20,21,22,23). The zero-order valence-corrected chi connectivity index (χ0v) is 15.1. The average molecular weight is 341 g/mol. The second kappa shape index (κ2) is 8.67. The van der Waals surface area contributed by atoms with Gasteiger partial charge in [0.05, 0.1) is 0 Å². The summed E-state index contributed by atoms with van der Waals surface area (Å²) in [5, 5.41) is 6.61. The van der Waals surface area contributed by atoms with Crippen LogP contribution in [0.3, 0.4) is 0 Å². The van der Waals surface area contributed by atoms with E-state index in [1.54, 1.807) is 7.11 Å². The molecule has 6 heteroatoms. The highest BCUT2D eigenvalue weighted by atomic mass is 16.5. The Kier molecular flexibility index (Phi) is 6.06. The van der Waals surface area contributed by atoms with Crippen LogP contribution in [0.5, 0.6) is 0 Å². The fraction of sp³-hybridized carbons (Fsp3) is 0.474. The van der Waals surface area contributed by atoms with E-state index in [2.05, 4.69) is 49.8 Å². The van der Waals surface area contributed by atoms with Gasteiger partial charge in [-0.25, -0.2) is 4.98 Å². The van der Waals surface area contributed by atoms with Gasteiger partial charge in [-0.15, -0.1) is 0 Å². The molecule has 0 amide bonds. The molecule has 2 N–H and O–H groups in total. The first-order valence-electron chi connectivity index (χ1n) is 8.95. The second-order valence-electron chi connectivity index (χ2n) is 6.36. The van der Waals surface area contributed by atoms with Crippen molar-refractivity contribution in [2.24, 2.45) is 0 Å². The first-order chi connectivity index (χ1) is 12.2. The fourth-order valence-corrected chi connectivity index (χ4v) is 3.01. The predicted molar refractivity (Wildman–Crippen MR) is 103 cm³/mol. The molecule has 1 aromatic heterocycles. The van der Waals surface area contributed by atoms with Gasteiger partial charge in [-0.1, -0.05) is 0 Å². The third kappa shape index (κ3) is 5.06. The fourth-order valence-electron chi connectivity index (χ4n) is 3.01. The summed E-state index contributed by atoms with van der Waals surface area (Å²) in [5.41, 5.74) is 3.26. The van der Waals surface area contributed by atoms with Crippen molar-refractivity contribution in [3.63, 3.8) is 0 Å². The van der Waals surface area contributed by atoms with E-state index in [1.807, 2.05) is 13.0 Å².